The maximum Gasteiger partial charge on any atom is 0.313 e. The van der Waals surface area contributed by atoms with Gasteiger partial charge in [0.15, 0.2) is 6.35 Å². The van der Waals surface area contributed by atoms with E-state index < -0.39 is 31.5 Å². The van der Waals surface area contributed by atoms with Gasteiger partial charge in [-0.2, -0.15) is 0 Å². The van der Waals surface area contributed by atoms with E-state index in [0.717, 1.165) is 4.90 Å². The summed E-state index contributed by atoms with van der Waals surface area (Å²) < 4.78 is 0. The zero-order valence-electron chi connectivity index (χ0n) is 6.71. The molecular weight excluding hydrogens is 180 g/mol. The zero-order chi connectivity index (χ0) is 10.0. The van der Waals surface area contributed by atoms with Gasteiger partial charge in [0, 0.05) is 0 Å². The van der Waals surface area contributed by atoms with E-state index in [2.05, 4.69) is 10.6 Å². The molecule has 0 aromatic carbocycles. The molecule has 0 saturated carbocycles. The average Bonchev–Trinajstić information content (AvgIpc) is 2.26. The predicted molar refractivity (Wildman–Crippen MR) is 40.6 cm³/mol. The molecule has 1 aliphatic heterocycles. The quantitative estimate of drug-likeness (QED) is 0.268. The summed E-state index contributed by atoms with van der Waals surface area (Å²) in [7, 11) is 0. The molecule has 1 heterocycles. The van der Waals surface area contributed by atoms with Crippen LogP contribution in [0.3, 0.4) is 0 Å². The highest BCUT2D eigenvalue weighted by Crippen LogP contribution is 2.10. The highest BCUT2D eigenvalue weighted by molar-refractivity contribution is 5.72. The van der Waals surface area contributed by atoms with Gasteiger partial charge in [-0.1, -0.05) is 0 Å². The number of urea groups is 1. The van der Waals surface area contributed by atoms with E-state index in [9.17, 15) is 9.90 Å². The Morgan fingerprint density at radius 2 is 2.23 bits per heavy atom. The van der Waals surface area contributed by atoms with Crippen LogP contribution in [0.15, 0.2) is 0 Å². The number of nitrogens with zero attached hydrogens (tertiary/aromatic N) is 1. The second-order valence-corrected chi connectivity index (χ2v) is 2.60. The molecule has 0 radical (unpaired) electrons. The molecule has 0 aliphatic carbocycles. The molecular formula is C5H12N4O4. The van der Waals surface area contributed by atoms with E-state index in [-0.39, 0.29) is 0 Å². The predicted octanol–water partition coefficient (Wildman–Crippen LogP) is -3.57. The fourth-order valence-electron chi connectivity index (χ4n) is 1.11. The number of primary amides is 1. The molecule has 0 aromatic heterocycles. The van der Waals surface area contributed by atoms with Crippen molar-refractivity contribution in [1.82, 2.24) is 15.5 Å². The second-order valence-electron chi connectivity index (χ2n) is 2.60. The molecule has 1 rings (SSSR count). The highest BCUT2D eigenvalue weighted by Gasteiger charge is 2.38. The molecule has 2 amide bonds. The van der Waals surface area contributed by atoms with Gasteiger partial charge in [0.25, 0.3) is 0 Å². The first-order valence-electron chi connectivity index (χ1n) is 3.61. The number of carbonyl (C=O) groups is 1. The number of hydrogen-bond acceptors (Lipinski definition) is 6. The van der Waals surface area contributed by atoms with Crippen molar-refractivity contribution in [3.63, 3.8) is 0 Å². The van der Waals surface area contributed by atoms with Crippen LogP contribution >= 0.6 is 0 Å². The number of nitrogens with two attached hydrogens (primary N) is 1. The summed E-state index contributed by atoms with van der Waals surface area (Å²) in [5, 5.41) is 31.7. The molecule has 8 nitrogen and oxygen atoms in total. The SMILES string of the molecule is NC(=O)NC1NC(O)N(CO)C1O. The van der Waals surface area contributed by atoms with Crippen LogP contribution in [-0.2, 0) is 0 Å². The van der Waals surface area contributed by atoms with Crippen molar-refractivity contribution in [2.45, 2.75) is 18.7 Å². The van der Waals surface area contributed by atoms with E-state index >= 15 is 0 Å². The number of carbonyl (C=O) groups excluding carboxylic acids is 1. The van der Waals surface area contributed by atoms with Gasteiger partial charge in [-0.3, -0.25) is 5.32 Å². The molecule has 76 valence electrons. The van der Waals surface area contributed by atoms with Gasteiger partial charge >= 0.3 is 6.03 Å². The largest absolute Gasteiger partial charge is 0.381 e. The molecule has 3 unspecified atom stereocenters. The number of aliphatic hydroxyl groups excluding tert-OH is 3. The van der Waals surface area contributed by atoms with Crippen LogP contribution in [0.5, 0.6) is 0 Å². The summed E-state index contributed by atoms with van der Waals surface area (Å²) in [5.74, 6) is 0. The third kappa shape index (κ3) is 2.05. The van der Waals surface area contributed by atoms with Gasteiger partial charge in [-0.25, -0.2) is 9.69 Å². The Balaban J connectivity index is 2.56. The van der Waals surface area contributed by atoms with E-state index in [1.807, 2.05) is 0 Å². The normalized spacial score (nSPS) is 34.8. The Morgan fingerprint density at radius 3 is 2.62 bits per heavy atom. The number of aliphatic hydroxyl groups is 3. The Kier molecular flexibility index (Phi) is 3.01. The highest BCUT2D eigenvalue weighted by atomic mass is 16.4. The molecule has 0 aromatic rings. The van der Waals surface area contributed by atoms with E-state index in [4.69, 9.17) is 15.9 Å². The summed E-state index contributed by atoms with van der Waals surface area (Å²) in [5.41, 5.74) is 4.80. The molecule has 1 aliphatic rings. The minimum absolute atomic E-state index is 0.535. The van der Waals surface area contributed by atoms with Crippen molar-refractivity contribution in [2.24, 2.45) is 5.73 Å². The Labute approximate surface area is 73.9 Å². The lowest BCUT2D eigenvalue weighted by Crippen LogP contribution is -2.51. The topological polar surface area (TPSA) is 131 Å². The zero-order valence-corrected chi connectivity index (χ0v) is 6.71. The van der Waals surface area contributed by atoms with Crippen molar-refractivity contribution in [3.8, 4) is 0 Å². The lowest BCUT2D eigenvalue weighted by atomic mass is 10.4. The molecule has 3 atom stereocenters. The van der Waals surface area contributed by atoms with Crippen molar-refractivity contribution in [3.05, 3.63) is 0 Å². The van der Waals surface area contributed by atoms with Gasteiger partial charge < -0.3 is 26.4 Å². The summed E-state index contributed by atoms with van der Waals surface area (Å²) in [4.78, 5) is 11.3. The van der Waals surface area contributed by atoms with Crippen molar-refractivity contribution in [1.29, 1.82) is 0 Å². The minimum Gasteiger partial charge on any atom is -0.381 e. The maximum atomic E-state index is 10.4. The molecule has 1 saturated heterocycles. The monoisotopic (exact) mass is 192 g/mol. The van der Waals surface area contributed by atoms with Crippen LogP contribution in [0.4, 0.5) is 4.79 Å². The van der Waals surface area contributed by atoms with Crippen LogP contribution in [0.1, 0.15) is 0 Å². The first-order chi connectivity index (χ1) is 6.06. The lowest BCUT2D eigenvalue weighted by Gasteiger charge is -2.20. The third-order valence-corrected chi connectivity index (χ3v) is 1.74. The Morgan fingerprint density at radius 1 is 1.62 bits per heavy atom. The molecule has 0 bridgehead atoms. The van der Waals surface area contributed by atoms with Crippen molar-refractivity contribution < 1.29 is 20.1 Å². The fraction of sp³-hybridized carbons (Fsp3) is 0.800. The third-order valence-electron chi connectivity index (χ3n) is 1.74. The van der Waals surface area contributed by atoms with E-state index in [1.54, 1.807) is 0 Å². The van der Waals surface area contributed by atoms with Gasteiger partial charge in [0.2, 0.25) is 0 Å². The number of hydrogen-bond donors (Lipinski definition) is 6. The minimum atomic E-state index is -1.22. The van der Waals surface area contributed by atoms with Gasteiger partial charge in [0.1, 0.15) is 19.1 Å². The molecule has 1 fully saturated rings. The molecule has 13 heavy (non-hydrogen) atoms. The van der Waals surface area contributed by atoms with Crippen LogP contribution in [0.2, 0.25) is 0 Å². The van der Waals surface area contributed by atoms with Crippen molar-refractivity contribution in [2.75, 3.05) is 6.73 Å². The standard InChI is InChI=1S/C5H12N4O4/c6-4(12)7-2-3(11)9(1-10)5(13)8-2/h2-3,5,8,10-11,13H,1H2,(H3,6,7,12). The second kappa shape index (κ2) is 3.85. The van der Waals surface area contributed by atoms with Gasteiger partial charge in [-0.05, 0) is 0 Å². The number of amides is 2. The Bertz CT molecular complexity index is 201. The molecule has 8 heteroatoms. The van der Waals surface area contributed by atoms with Gasteiger partial charge in [0.05, 0.1) is 0 Å². The number of rotatable bonds is 2. The summed E-state index contributed by atoms with van der Waals surface area (Å²) >= 11 is 0. The number of nitrogens with one attached hydrogen (secondary N) is 2. The maximum absolute atomic E-state index is 10.4. The van der Waals surface area contributed by atoms with E-state index in [1.165, 1.54) is 0 Å². The van der Waals surface area contributed by atoms with Crippen LogP contribution in [0, 0.1) is 0 Å². The smallest absolute Gasteiger partial charge is 0.313 e. The first kappa shape index (κ1) is 10.2. The van der Waals surface area contributed by atoms with Crippen molar-refractivity contribution >= 4 is 6.03 Å². The summed E-state index contributed by atoms with van der Waals surface area (Å²) in [6.45, 7) is -0.535. The van der Waals surface area contributed by atoms with Crippen LogP contribution in [0.25, 0.3) is 0 Å². The lowest BCUT2D eigenvalue weighted by molar-refractivity contribution is -0.101. The fourth-order valence-corrected chi connectivity index (χ4v) is 1.11. The molecule has 7 N–H and O–H groups in total. The van der Waals surface area contributed by atoms with Crippen LogP contribution in [-0.4, -0.2) is 51.7 Å². The molecule has 0 spiro atoms. The summed E-state index contributed by atoms with van der Waals surface area (Å²) in [6.07, 6.45) is -3.32. The first-order valence-corrected chi connectivity index (χ1v) is 3.61. The van der Waals surface area contributed by atoms with Gasteiger partial charge in [-0.15, -0.1) is 0 Å². The average molecular weight is 192 g/mol. The van der Waals surface area contributed by atoms with E-state index in [0.29, 0.717) is 0 Å². The van der Waals surface area contributed by atoms with Crippen LogP contribution < -0.4 is 16.4 Å². The Hall–Kier alpha value is -0.930. The summed E-state index contributed by atoms with van der Waals surface area (Å²) in [6, 6.07) is -0.830.